The maximum absolute atomic E-state index is 16.2. The third-order valence-corrected chi connectivity index (χ3v) is 10.3. The first-order valence-corrected chi connectivity index (χ1v) is 16.0. The van der Waals surface area contributed by atoms with Crippen LogP contribution in [0.25, 0.3) is 0 Å². The summed E-state index contributed by atoms with van der Waals surface area (Å²) >= 11 is 12.6. The van der Waals surface area contributed by atoms with Crippen LogP contribution < -0.4 is 10.2 Å². The quantitative estimate of drug-likeness (QED) is 0.173. The number of nitro benzene ring substituents is 1. The van der Waals surface area contributed by atoms with Crippen molar-refractivity contribution in [2.45, 2.75) is 43.7 Å². The highest BCUT2D eigenvalue weighted by molar-refractivity contribution is 6.31. The van der Waals surface area contributed by atoms with E-state index in [4.69, 9.17) is 27.9 Å². The van der Waals surface area contributed by atoms with Gasteiger partial charge in [-0.15, -0.1) is 0 Å². The molecule has 3 aromatic carbocycles. The standard InChI is InChI=1S/C33H28Cl2F2N4O6/c1-2-47-31(43)19-13-26(41(45)46)25(14-22(19)36)39-11-10-24-27(30(39)42)28(18-4-3-5-21(35)29(18)37)33(40(24)15-16-6-7-16)20-9-8-17(34)12-23(20)38-32(33)44/h3-5,8-9,12-14,16,24,27-28H,2,6-7,10-11,15H2,1H3,(H,38,44)/t24-,27+,28-,33+/m0/s1. The Labute approximate surface area is 277 Å². The zero-order chi connectivity index (χ0) is 33.4. The molecule has 7 rings (SSSR count). The van der Waals surface area contributed by atoms with Crippen molar-refractivity contribution in [1.82, 2.24) is 4.90 Å². The number of rotatable bonds is 7. The molecular weight excluding hydrogens is 657 g/mol. The molecule has 0 radical (unpaired) electrons. The molecule has 47 heavy (non-hydrogen) atoms. The smallest absolute Gasteiger partial charge is 0.341 e. The van der Waals surface area contributed by atoms with E-state index in [9.17, 15) is 24.5 Å². The second-order valence-electron chi connectivity index (χ2n) is 12.3. The van der Waals surface area contributed by atoms with E-state index in [0.29, 0.717) is 22.8 Å². The van der Waals surface area contributed by atoms with E-state index >= 15 is 8.78 Å². The summed E-state index contributed by atoms with van der Waals surface area (Å²) in [6.45, 7) is 1.83. The number of esters is 1. The van der Waals surface area contributed by atoms with Gasteiger partial charge in [0.1, 0.15) is 28.4 Å². The molecule has 2 amide bonds. The lowest BCUT2D eigenvalue weighted by atomic mass is 9.70. The first-order chi connectivity index (χ1) is 22.5. The summed E-state index contributed by atoms with van der Waals surface area (Å²) in [4.78, 5) is 56.2. The van der Waals surface area contributed by atoms with Crippen molar-refractivity contribution < 1.29 is 32.8 Å². The van der Waals surface area contributed by atoms with Crippen molar-refractivity contribution in [3.05, 3.63) is 97.0 Å². The number of benzene rings is 3. The number of hydrogen-bond donors (Lipinski definition) is 1. The maximum Gasteiger partial charge on any atom is 0.341 e. The van der Waals surface area contributed by atoms with E-state index in [2.05, 4.69) is 5.32 Å². The Hall–Kier alpha value is -4.13. The van der Waals surface area contributed by atoms with Crippen LogP contribution in [0.2, 0.25) is 10.0 Å². The number of hydrogen-bond acceptors (Lipinski definition) is 7. The van der Waals surface area contributed by atoms with Crippen LogP contribution in [0.3, 0.4) is 0 Å². The van der Waals surface area contributed by atoms with E-state index in [1.54, 1.807) is 24.3 Å². The first kappa shape index (κ1) is 31.5. The molecule has 4 atom stereocenters. The van der Waals surface area contributed by atoms with Crippen LogP contribution in [0.5, 0.6) is 0 Å². The number of carbonyl (C=O) groups is 3. The van der Waals surface area contributed by atoms with Gasteiger partial charge < -0.3 is 15.0 Å². The number of carbonyl (C=O) groups excluding carboxylic acids is 3. The molecule has 244 valence electrons. The fraction of sp³-hybridized carbons (Fsp3) is 0.364. The SMILES string of the molecule is CCOC(=O)c1cc([N+](=O)[O-])c(N2CC[C@H]3[C@@H](C2=O)[C@H](c2cccc(Cl)c2F)[C@]2(C(=O)Nc4cc(Cl)ccc42)N3CC2CC2)cc1F. The van der Waals surface area contributed by atoms with Crippen molar-refractivity contribution in [1.29, 1.82) is 0 Å². The Morgan fingerprint density at radius 3 is 2.60 bits per heavy atom. The highest BCUT2D eigenvalue weighted by atomic mass is 35.5. The van der Waals surface area contributed by atoms with Crippen molar-refractivity contribution >= 4 is 58.0 Å². The predicted octanol–water partition coefficient (Wildman–Crippen LogP) is 6.44. The fourth-order valence-electron chi connectivity index (χ4n) is 7.75. The topological polar surface area (TPSA) is 122 Å². The summed E-state index contributed by atoms with van der Waals surface area (Å²) in [6, 6.07) is 10.3. The van der Waals surface area contributed by atoms with Crippen LogP contribution in [0.1, 0.15) is 53.6 Å². The Morgan fingerprint density at radius 2 is 1.89 bits per heavy atom. The zero-order valence-electron chi connectivity index (χ0n) is 25.0. The third-order valence-electron chi connectivity index (χ3n) is 9.78. The lowest BCUT2D eigenvalue weighted by molar-refractivity contribution is -0.384. The number of nitrogens with zero attached hydrogens (tertiary/aromatic N) is 3. The van der Waals surface area contributed by atoms with E-state index in [1.807, 2.05) is 4.90 Å². The average Bonchev–Trinajstić information content (AvgIpc) is 3.74. The summed E-state index contributed by atoms with van der Waals surface area (Å²) < 4.78 is 36.4. The molecule has 3 heterocycles. The normalized spacial score (nSPS) is 25.1. The van der Waals surface area contributed by atoms with Crippen LogP contribution in [-0.2, 0) is 19.9 Å². The van der Waals surface area contributed by atoms with Crippen LogP contribution in [0, 0.1) is 33.6 Å². The number of halogens is 4. The second kappa shape index (κ2) is 11.5. The fourth-order valence-corrected chi connectivity index (χ4v) is 8.11. The molecule has 1 spiro atoms. The number of nitrogens with one attached hydrogen (secondary N) is 1. The van der Waals surface area contributed by atoms with Gasteiger partial charge in [-0.1, -0.05) is 41.4 Å². The van der Waals surface area contributed by atoms with Gasteiger partial charge in [-0.25, -0.2) is 13.6 Å². The molecule has 0 unspecified atom stereocenters. The number of anilines is 2. The molecule has 0 aromatic heterocycles. The number of amides is 2. The van der Waals surface area contributed by atoms with Crippen molar-refractivity contribution in [2.24, 2.45) is 11.8 Å². The van der Waals surface area contributed by atoms with Crippen molar-refractivity contribution in [2.75, 3.05) is 29.9 Å². The lowest BCUT2D eigenvalue weighted by Crippen LogP contribution is -2.54. The zero-order valence-corrected chi connectivity index (χ0v) is 26.5. The summed E-state index contributed by atoms with van der Waals surface area (Å²) in [6.07, 6.45) is 2.08. The number of nitro groups is 1. The molecule has 14 heteroatoms. The summed E-state index contributed by atoms with van der Waals surface area (Å²) in [7, 11) is 0. The Balaban J connectivity index is 1.43. The van der Waals surface area contributed by atoms with E-state index in [0.717, 1.165) is 29.9 Å². The number of likely N-dealkylation sites (tertiary alicyclic amines) is 1. The maximum atomic E-state index is 16.2. The summed E-state index contributed by atoms with van der Waals surface area (Å²) in [5.41, 5.74) is -2.22. The van der Waals surface area contributed by atoms with Gasteiger partial charge in [-0.05, 0) is 55.9 Å². The number of ether oxygens (including phenoxy) is 1. The first-order valence-electron chi connectivity index (χ1n) is 15.3. The Morgan fingerprint density at radius 1 is 1.13 bits per heavy atom. The van der Waals surface area contributed by atoms with E-state index in [1.165, 1.54) is 19.1 Å². The predicted molar refractivity (Wildman–Crippen MR) is 169 cm³/mol. The molecule has 2 saturated heterocycles. The van der Waals surface area contributed by atoms with Gasteiger partial charge in [0.05, 0.1) is 22.5 Å². The van der Waals surface area contributed by atoms with Gasteiger partial charge in [-0.3, -0.25) is 24.6 Å². The molecule has 1 saturated carbocycles. The molecule has 3 aliphatic heterocycles. The van der Waals surface area contributed by atoms with Crippen LogP contribution in [-0.4, -0.2) is 53.3 Å². The van der Waals surface area contributed by atoms with E-state index in [-0.39, 0.29) is 41.8 Å². The van der Waals surface area contributed by atoms with Gasteiger partial charge in [0.15, 0.2) is 0 Å². The molecule has 3 fully saturated rings. The van der Waals surface area contributed by atoms with Gasteiger partial charge in [0.25, 0.3) is 5.69 Å². The van der Waals surface area contributed by atoms with E-state index < -0.39 is 69.0 Å². The van der Waals surface area contributed by atoms with Crippen molar-refractivity contribution in [3.8, 4) is 0 Å². The molecule has 3 aromatic rings. The van der Waals surface area contributed by atoms with Crippen LogP contribution >= 0.6 is 23.2 Å². The number of piperidine rings is 1. The molecule has 1 N–H and O–H groups in total. The molecular formula is C33H28Cl2F2N4O6. The molecule has 10 nitrogen and oxygen atoms in total. The average molecular weight is 686 g/mol. The van der Waals surface area contributed by atoms with Crippen molar-refractivity contribution in [3.63, 3.8) is 0 Å². The van der Waals surface area contributed by atoms with Gasteiger partial charge >= 0.3 is 5.97 Å². The second-order valence-corrected chi connectivity index (χ2v) is 13.1. The lowest BCUT2D eigenvalue weighted by Gasteiger charge is -2.40. The highest BCUT2D eigenvalue weighted by Gasteiger charge is 2.70. The van der Waals surface area contributed by atoms with Crippen LogP contribution in [0.15, 0.2) is 48.5 Å². The minimum absolute atomic E-state index is 0.0392. The minimum atomic E-state index is -1.56. The molecule has 0 bridgehead atoms. The largest absolute Gasteiger partial charge is 0.462 e. The van der Waals surface area contributed by atoms with Gasteiger partial charge in [-0.2, -0.15) is 0 Å². The monoisotopic (exact) mass is 684 g/mol. The number of fused-ring (bicyclic) bond motifs is 3. The highest BCUT2D eigenvalue weighted by Crippen LogP contribution is 2.62. The summed E-state index contributed by atoms with van der Waals surface area (Å²) in [5.74, 6) is -6.06. The van der Waals surface area contributed by atoms with Gasteiger partial charge in [0.2, 0.25) is 11.8 Å². The van der Waals surface area contributed by atoms with Crippen LogP contribution in [0.4, 0.5) is 25.8 Å². The minimum Gasteiger partial charge on any atom is -0.462 e. The third kappa shape index (κ3) is 4.79. The van der Waals surface area contributed by atoms with Gasteiger partial charge in [0, 0.05) is 53.5 Å². The molecule has 4 aliphatic rings. The summed E-state index contributed by atoms with van der Waals surface area (Å²) in [5, 5.41) is 15.4. The Kier molecular flexibility index (Phi) is 7.72. The molecule has 1 aliphatic carbocycles. The Bertz CT molecular complexity index is 1870.